The molecule has 1 aliphatic heterocycles. The van der Waals surface area contributed by atoms with Crippen molar-refractivity contribution in [1.82, 2.24) is 4.90 Å². The molecule has 2 rings (SSSR count). The zero-order chi connectivity index (χ0) is 18.9. The molecule has 2 atom stereocenters. The SMILES string of the molecule is COC(C)c1c(C)cc(C(O)C2CN(C(=N)OC(C)(C)C)C2)cc1F. The Morgan fingerprint density at radius 1 is 1.36 bits per heavy atom. The predicted octanol–water partition coefficient (Wildman–Crippen LogP) is 3.56. The maximum atomic E-state index is 14.4. The molecule has 1 aromatic carbocycles. The molecule has 140 valence electrons. The summed E-state index contributed by atoms with van der Waals surface area (Å²) in [6.45, 7) is 10.3. The number of amidine groups is 1. The average Bonchev–Trinajstić information content (AvgIpc) is 2.42. The van der Waals surface area contributed by atoms with Crippen LogP contribution in [0.25, 0.3) is 0 Å². The van der Waals surface area contributed by atoms with E-state index in [9.17, 15) is 9.50 Å². The molecular weight excluding hydrogens is 323 g/mol. The Balaban J connectivity index is 2.03. The van der Waals surface area contributed by atoms with Gasteiger partial charge in [0.15, 0.2) is 0 Å². The van der Waals surface area contributed by atoms with Crippen LogP contribution in [-0.2, 0) is 9.47 Å². The summed E-state index contributed by atoms with van der Waals surface area (Å²) in [5, 5.41) is 18.5. The molecule has 5 nitrogen and oxygen atoms in total. The van der Waals surface area contributed by atoms with Crippen LogP contribution in [-0.4, -0.2) is 41.8 Å². The van der Waals surface area contributed by atoms with Gasteiger partial charge in [0, 0.05) is 31.7 Å². The highest BCUT2D eigenvalue weighted by Gasteiger charge is 2.37. The van der Waals surface area contributed by atoms with Crippen LogP contribution in [0.15, 0.2) is 12.1 Å². The van der Waals surface area contributed by atoms with Crippen molar-refractivity contribution >= 4 is 6.02 Å². The first-order valence-electron chi connectivity index (χ1n) is 8.56. The Hall–Kier alpha value is -1.66. The number of methoxy groups -OCH3 is 1. The van der Waals surface area contributed by atoms with Crippen LogP contribution in [0, 0.1) is 24.1 Å². The zero-order valence-electron chi connectivity index (χ0n) is 15.9. The first-order valence-corrected chi connectivity index (χ1v) is 8.56. The van der Waals surface area contributed by atoms with Gasteiger partial charge in [-0.25, -0.2) is 4.39 Å². The third-order valence-electron chi connectivity index (χ3n) is 4.51. The first kappa shape index (κ1) is 19.7. The van der Waals surface area contributed by atoms with Crippen molar-refractivity contribution in [2.45, 2.75) is 52.4 Å². The lowest BCUT2D eigenvalue weighted by molar-refractivity contribution is 0.000170. The number of nitrogens with one attached hydrogen (secondary N) is 1. The number of aliphatic hydroxyl groups excluding tert-OH is 1. The van der Waals surface area contributed by atoms with Gasteiger partial charge in [0.25, 0.3) is 6.02 Å². The van der Waals surface area contributed by atoms with E-state index in [2.05, 4.69) is 0 Å². The highest BCUT2D eigenvalue weighted by atomic mass is 19.1. The number of hydrogen-bond acceptors (Lipinski definition) is 4. The quantitative estimate of drug-likeness (QED) is 0.642. The van der Waals surface area contributed by atoms with E-state index in [0.717, 1.165) is 5.56 Å². The molecule has 0 amide bonds. The monoisotopic (exact) mass is 352 g/mol. The number of likely N-dealkylation sites (tertiary alicyclic amines) is 1. The maximum absolute atomic E-state index is 14.4. The smallest absolute Gasteiger partial charge is 0.284 e. The van der Waals surface area contributed by atoms with Crippen LogP contribution in [0.5, 0.6) is 0 Å². The molecule has 1 fully saturated rings. The maximum Gasteiger partial charge on any atom is 0.284 e. The molecule has 6 heteroatoms. The van der Waals surface area contributed by atoms with Crippen molar-refractivity contribution in [1.29, 1.82) is 5.41 Å². The van der Waals surface area contributed by atoms with Crippen LogP contribution in [0.3, 0.4) is 0 Å². The van der Waals surface area contributed by atoms with Crippen LogP contribution in [0.2, 0.25) is 0 Å². The Kier molecular flexibility index (Phi) is 5.74. The molecule has 0 aliphatic carbocycles. The van der Waals surface area contributed by atoms with E-state index >= 15 is 0 Å². The van der Waals surface area contributed by atoms with Gasteiger partial charge in [-0.1, -0.05) is 6.07 Å². The normalized spacial score (nSPS) is 17.8. The second-order valence-corrected chi connectivity index (χ2v) is 7.74. The third-order valence-corrected chi connectivity index (χ3v) is 4.51. The molecule has 25 heavy (non-hydrogen) atoms. The van der Waals surface area contributed by atoms with E-state index in [1.54, 1.807) is 18.9 Å². The van der Waals surface area contributed by atoms with Crippen molar-refractivity contribution in [3.63, 3.8) is 0 Å². The lowest BCUT2D eigenvalue weighted by Crippen LogP contribution is -2.53. The molecule has 0 spiro atoms. The van der Waals surface area contributed by atoms with Gasteiger partial charge in [-0.2, -0.15) is 0 Å². The minimum Gasteiger partial charge on any atom is -0.460 e. The van der Waals surface area contributed by atoms with Gasteiger partial charge in [0.1, 0.15) is 11.4 Å². The Morgan fingerprint density at radius 3 is 2.44 bits per heavy atom. The van der Waals surface area contributed by atoms with E-state index < -0.39 is 11.7 Å². The van der Waals surface area contributed by atoms with Crippen molar-refractivity contribution in [2.75, 3.05) is 20.2 Å². The molecule has 1 heterocycles. The highest BCUT2D eigenvalue weighted by Crippen LogP contribution is 2.34. The summed E-state index contributed by atoms with van der Waals surface area (Å²) in [6, 6.07) is 3.32. The van der Waals surface area contributed by atoms with E-state index in [4.69, 9.17) is 14.9 Å². The predicted molar refractivity (Wildman–Crippen MR) is 95.1 cm³/mol. The van der Waals surface area contributed by atoms with Gasteiger partial charge in [-0.05, 0) is 51.8 Å². The summed E-state index contributed by atoms with van der Waals surface area (Å²) < 4.78 is 25.2. The van der Waals surface area contributed by atoms with Gasteiger partial charge < -0.3 is 19.5 Å². The Bertz CT molecular complexity index is 613. The molecule has 1 saturated heterocycles. The van der Waals surface area contributed by atoms with E-state index in [-0.39, 0.29) is 23.9 Å². The topological polar surface area (TPSA) is 65.8 Å². The van der Waals surface area contributed by atoms with Crippen LogP contribution < -0.4 is 0 Å². The minimum absolute atomic E-state index is 0.0478. The average molecular weight is 352 g/mol. The number of rotatable bonds is 4. The first-order chi connectivity index (χ1) is 11.5. The summed E-state index contributed by atoms with van der Waals surface area (Å²) in [5.74, 6) is -0.406. The molecule has 0 radical (unpaired) electrons. The number of nitrogens with zero attached hydrogens (tertiary/aromatic N) is 1. The van der Waals surface area contributed by atoms with Gasteiger partial charge >= 0.3 is 0 Å². The number of benzene rings is 1. The molecule has 0 bridgehead atoms. The number of halogens is 1. The summed E-state index contributed by atoms with van der Waals surface area (Å²) in [5.41, 5.74) is 1.43. The fraction of sp³-hybridized carbons (Fsp3) is 0.632. The highest BCUT2D eigenvalue weighted by molar-refractivity contribution is 5.71. The molecule has 0 aromatic heterocycles. The fourth-order valence-electron chi connectivity index (χ4n) is 3.09. The summed E-state index contributed by atoms with van der Waals surface area (Å²) >= 11 is 0. The summed E-state index contributed by atoms with van der Waals surface area (Å²) in [6.07, 6.45) is -1.10. The largest absolute Gasteiger partial charge is 0.460 e. The molecular formula is C19H29FN2O3. The van der Waals surface area contributed by atoms with Gasteiger partial charge in [0.2, 0.25) is 0 Å². The second kappa shape index (κ2) is 7.30. The lowest BCUT2D eigenvalue weighted by atomic mass is 9.87. The molecule has 1 aliphatic rings. The minimum atomic E-state index is -0.765. The van der Waals surface area contributed by atoms with E-state index in [1.807, 2.05) is 33.8 Å². The summed E-state index contributed by atoms with van der Waals surface area (Å²) in [7, 11) is 1.55. The van der Waals surface area contributed by atoms with Crippen molar-refractivity contribution in [2.24, 2.45) is 5.92 Å². The van der Waals surface area contributed by atoms with Gasteiger partial charge in [-0.3, -0.25) is 5.41 Å². The van der Waals surface area contributed by atoms with E-state index in [1.165, 1.54) is 6.07 Å². The van der Waals surface area contributed by atoms with Crippen LogP contribution >= 0.6 is 0 Å². The summed E-state index contributed by atoms with van der Waals surface area (Å²) in [4.78, 5) is 1.77. The lowest BCUT2D eigenvalue weighted by Gasteiger charge is -2.43. The van der Waals surface area contributed by atoms with E-state index in [0.29, 0.717) is 24.2 Å². The van der Waals surface area contributed by atoms with Crippen LogP contribution in [0.1, 0.15) is 56.6 Å². The second-order valence-electron chi connectivity index (χ2n) is 7.74. The van der Waals surface area contributed by atoms with Crippen LogP contribution in [0.4, 0.5) is 4.39 Å². The van der Waals surface area contributed by atoms with Gasteiger partial charge in [-0.15, -0.1) is 0 Å². The van der Waals surface area contributed by atoms with Gasteiger partial charge in [0.05, 0.1) is 12.2 Å². The number of aliphatic hydroxyl groups is 1. The molecule has 2 N–H and O–H groups in total. The Labute approximate surface area is 149 Å². The van der Waals surface area contributed by atoms with Crippen molar-refractivity contribution < 1.29 is 19.0 Å². The standard InChI is InChI=1S/C19H29FN2O3/c1-11-7-13(8-15(20)16(11)12(2)24-6)17(23)14-9-22(10-14)18(21)25-19(3,4)5/h7-8,12,14,17,21,23H,9-10H2,1-6H3. The molecule has 2 unspecified atom stereocenters. The number of ether oxygens (including phenoxy) is 2. The van der Waals surface area contributed by atoms with Crippen molar-refractivity contribution in [3.05, 3.63) is 34.6 Å². The number of hydrogen-bond donors (Lipinski definition) is 2. The third kappa shape index (κ3) is 4.50. The fourth-order valence-corrected chi connectivity index (χ4v) is 3.09. The Morgan fingerprint density at radius 2 is 1.96 bits per heavy atom. The zero-order valence-corrected chi connectivity index (χ0v) is 15.9. The molecule has 1 aromatic rings. The molecule has 0 saturated carbocycles. The van der Waals surface area contributed by atoms with Crippen molar-refractivity contribution in [3.8, 4) is 0 Å². The number of aryl methyl sites for hydroxylation is 1.